The van der Waals surface area contributed by atoms with Gasteiger partial charge in [0.1, 0.15) is 11.6 Å². The zero-order chi connectivity index (χ0) is 16.2. The summed E-state index contributed by atoms with van der Waals surface area (Å²) >= 11 is 0. The van der Waals surface area contributed by atoms with Crippen LogP contribution in [0.4, 0.5) is 4.39 Å². The van der Waals surface area contributed by atoms with E-state index >= 15 is 0 Å². The Kier molecular flexibility index (Phi) is 4.69. The quantitative estimate of drug-likeness (QED) is 0.922. The number of carbonyl (C=O) groups excluding carboxylic acids is 1. The van der Waals surface area contributed by atoms with Crippen molar-refractivity contribution < 1.29 is 9.18 Å². The van der Waals surface area contributed by atoms with Crippen molar-refractivity contribution in [2.24, 2.45) is 5.92 Å². The fraction of sp³-hybridized carbons (Fsp3) is 0.471. The van der Waals surface area contributed by atoms with E-state index in [9.17, 15) is 9.18 Å². The molecular formula is C17H21FN4O. The van der Waals surface area contributed by atoms with Gasteiger partial charge in [-0.25, -0.2) is 14.1 Å². The molecule has 0 aliphatic heterocycles. The largest absolute Gasteiger partial charge is 0.349 e. The highest BCUT2D eigenvalue weighted by molar-refractivity contribution is 5.90. The number of amides is 1. The third kappa shape index (κ3) is 3.75. The highest BCUT2D eigenvalue weighted by Gasteiger charge is 2.17. The number of nitrogens with one attached hydrogen (secondary N) is 1. The molecule has 1 fully saturated rings. The summed E-state index contributed by atoms with van der Waals surface area (Å²) in [5, 5.41) is 7.12. The Morgan fingerprint density at radius 1 is 1.30 bits per heavy atom. The average Bonchev–Trinajstić information content (AvgIpc) is 3.18. The number of carbonyl (C=O) groups is 1. The Labute approximate surface area is 134 Å². The summed E-state index contributed by atoms with van der Waals surface area (Å²) in [5.41, 5.74) is 0.682. The molecule has 23 heavy (non-hydrogen) atoms. The second kappa shape index (κ2) is 6.89. The second-order valence-corrected chi connectivity index (χ2v) is 6.07. The van der Waals surface area contributed by atoms with Crippen LogP contribution in [0.1, 0.15) is 48.5 Å². The van der Waals surface area contributed by atoms with Crippen LogP contribution >= 0.6 is 0 Å². The van der Waals surface area contributed by atoms with E-state index in [4.69, 9.17) is 0 Å². The molecule has 1 heterocycles. The van der Waals surface area contributed by atoms with Crippen LogP contribution in [0, 0.1) is 18.7 Å². The van der Waals surface area contributed by atoms with Crippen LogP contribution in [0.15, 0.2) is 24.3 Å². The van der Waals surface area contributed by atoms with Crippen molar-refractivity contribution in [3.8, 4) is 5.69 Å². The predicted octanol–water partition coefficient (Wildman–Crippen LogP) is 3.02. The Morgan fingerprint density at radius 2 is 2.00 bits per heavy atom. The highest BCUT2D eigenvalue weighted by atomic mass is 19.1. The van der Waals surface area contributed by atoms with Crippen molar-refractivity contribution in [1.82, 2.24) is 20.1 Å². The molecule has 2 aromatic rings. The first kappa shape index (κ1) is 15.6. The van der Waals surface area contributed by atoms with Gasteiger partial charge in [-0.05, 0) is 43.5 Å². The van der Waals surface area contributed by atoms with E-state index in [2.05, 4.69) is 15.4 Å². The number of aryl methyl sites for hydroxylation is 1. The van der Waals surface area contributed by atoms with E-state index < -0.39 is 0 Å². The molecule has 3 rings (SSSR count). The van der Waals surface area contributed by atoms with Gasteiger partial charge in [-0.1, -0.05) is 25.7 Å². The molecule has 0 saturated heterocycles. The monoisotopic (exact) mass is 316 g/mol. The van der Waals surface area contributed by atoms with Crippen molar-refractivity contribution in [1.29, 1.82) is 0 Å². The maximum atomic E-state index is 13.0. The van der Waals surface area contributed by atoms with Gasteiger partial charge in [-0.2, -0.15) is 0 Å². The van der Waals surface area contributed by atoms with E-state index in [1.165, 1.54) is 37.8 Å². The molecule has 6 heteroatoms. The smallest absolute Gasteiger partial charge is 0.290 e. The van der Waals surface area contributed by atoms with Gasteiger partial charge in [0.15, 0.2) is 0 Å². The zero-order valence-corrected chi connectivity index (χ0v) is 13.3. The number of hydrogen-bond acceptors (Lipinski definition) is 3. The van der Waals surface area contributed by atoms with Gasteiger partial charge in [0.05, 0.1) is 5.69 Å². The first-order valence-corrected chi connectivity index (χ1v) is 8.11. The van der Waals surface area contributed by atoms with Gasteiger partial charge < -0.3 is 5.32 Å². The minimum Gasteiger partial charge on any atom is -0.349 e. The minimum atomic E-state index is -0.309. The van der Waals surface area contributed by atoms with Gasteiger partial charge in [-0.15, -0.1) is 5.10 Å². The second-order valence-electron chi connectivity index (χ2n) is 6.07. The maximum absolute atomic E-state index is 13.0. The summed E-state index contributed by atoms with van der Waals surface area (Å²) in [4.78, 5) is 16.4. The molecule has 0 spiro atoms. The Bertz CT molecular complexity index is 674. The number of aromatic nitrogens is 3. The average molecular weight is 316 g/mol. The summed E-state index contributed by atoms with van der Waals surface area (Å²) in [6.45, 7) is 2.43. The van der Waals surface area contributed by atoms with Crippen molar-refractivity contribution in [2.75, 3.05) is 6.54 Å². The normalized spacial score (nSPS) is 15.0. The fourth-order valence-corrected chi connectivity index (χ4v) is 3.08. The molecule has 122 valence electrons. The number of hydrogen-bond donors (Lipinski definition) is 1. The van der Waals surface area contributed by atoms with Crippen LogP contribution in [0.5, 0.6) is 0 Å². The molecule has 1 saturated carbocycles. The minimum absolute atomic E-state index is 0.151. The fourth-order valence-electron chi connectivity index (χ4n) is 3.08. The van der Waals surface area contributed by atoms with Gasteiger partial charge in [0.25, 0.3) is 5.91 Å². The molecule has 0 atom stereocenters. The molecule has 0 bridgehead atoms. The van der Waals surface area contributed by atoms with Gasteiger partial charge >= 0.3 is 0 Å². The Morgan fingerprint density at radius 3 is 2.70 bits per heavy atom. The van der Waals surface area contributed by atoms with Crippen LogP contribution in [0.25, 0.3) is 5.69 Å². The van der Waals surface area contributed by atoms with Gasteiger partial charge in [0.2, 0.25) is 5.82 Å². The van der Waals surface area contributed by atoms with Crippen LogP contribution in [-0.2, 0) is 0 Å². The summed E-state index contributed by atoms with van der Waals surface area (Å²) in [7, 11) is 0. The van der Waals surface area contributed by atoms with E-state index in [1.807, 2.05) is 0 Å². The summed E-state index contributed by atoms with van der Waals surface area (Å²) < 4.78 is 14.5. The van der Waals surface area contributed by atoms with Gasteiger partial charge in [-0.3, -0.25) is 4.79 Å². The van der Waals surface area contributed by atoms with Crippen LogP contribution < -0.4 is 5.32 Å². The lowest BCUT2D eigenvalue weighted by Gasteiger charge is -2.08. The standard InChI is InChI=1S/C17H21FN4O/c1-12-20-16(17(23)19-11-10-13-4-2-3-5-13)21-22(12)15-8-6-14(18)7-9-15/h6-9,13H,2-5,10-11H2,1H3,(H,19,23). The zero-order valence-electron chi connectivity index (χ0n) is 13.3. The van der Waals surface area contributed by atoms with E-state index in [-0.39, 0.29) is 17.5 Å². The molecule has 0 radical (unpaired) electrons. The summed E-state index contributed by atoms with van der Waals surface area (Å²) in [6, 6.07) is 5.94. The molecule has 5 nitrogen and oxygen atoms in total. The molecule has 1 aliphatic rings. The Hall–Kier alpha value is -2.24. The van der Waals surface area contributed by atoms with Gasteiger partial charge in [0, 0.05) is 6.54 Å². The van der Waals surface area contributed by atoms with E-state index in [1.54, 1.807) is 23.7 Å². The van der Waals surface area contributed by atoms with Crippen LogP contribution in [0.2, 0.25) is 0 Å². The molecule has 1 aromatic carbocycles. The molecule has 1 N–H and O–H groups in total. The third-order valence-electron chi connectivity index (χ3n) is 4.36. The van der Waals surface area contributed by atoms with Crippen LogP contribution in [0.3, 0.4) is 0 Å². The van der Waals surface area contributed by atoms with E-state index in [0.717, 1.165) is 12.3 Å². The topological polar surface area (TPSA) is 59.8 Å². The number of rotatable bonds is 5. The van der Waals surface area contributed by atoms with Crippen molar-refractivity contribution in [3.63, 3.8) is 0 Å². The van der Waals surface area contributed by atoms with Crippen molar-refractivity contribution in [3.05, 3.63) is 41.7 Å². The van der Waals surface area contributed by atoms with Crippen molar-refractivity contribution in [2.45, 2.75) is 39.0 Å². The molecule has 1 amide bonds. The van der Waals surface area contributed by atoms with Crippen molar-refractivity contribution >= 4 is 5.91 Å². The number of nitrogens with zero attached hydrogens (tertiary/aromatic N) is 3. The predicted molar refractivity (Wildman–Crippen MR) is 85.0 cm³/mol. The first-order chi connectivity index (χ1) is 11.1. The number of benzene rings is 1. The lowest BCUT2D eigenvalue weighted by molar-refractivity contribution is 0.0941. The summed E-state index contributed by atoms with van der Waals surface area (Å²) in [5.74, 6) is 0.918. The molecule has 0 unspecified atom stereocenters. The van der Waals surface area contributed by atoms with E-state index in [0.29, 0.717) is 18.1 Å². The first-order valence-electron chi connectivity index (χ1n) is 8.11. The molecular weight excluding hydrogens is 295 g/mol. The molecule has 1 aromatic heterocycles. The lowest BCUT2D eigenvalue weighted by atomic mass is 10.0. The molecule has 1 aliphatic carbocycles. The number of halogens is 1. The Balaban J connectivity index is 1.62. The summed E-state index contributed by atoms with van der Waals surface area (Å²) in [6.07, 6.45) is 6.17. The highest BCUT2D eigenvalue weighted by Crippen LogP contribution is 2.26. The maximum Gasteiger partial charge on any atom is 0.290 e. The third-order valence-corrected chi connectivity index (χ3v) is 4.36. The SMILES string of the molecule is Cc1nc(C(=O)NCCC2CCCC2)nn1-c1ccc(F)cc1. The lowest BCUT2D eigenvalue weighted by Crippen LogP contribution is -2.26. The van der Waals surface area contributed by atoms with Crippen LogP contribution in [-0.4, -0.2) is 27.2 Å².